The Bertz CT molecular complexity index is 1260. The SMILES string of the molecule is Cc1ccc(NC(=O)CN(Cc2ccccc2F)S(C)(=O)=O)cc1S(=O)(=O)N1CCN(C)CC1. The summed E-state index contributed by atoms with van der Waals surface area (Å²) in [5, 5.41) is 2.56. The number of aryl methyl sites for hydroxylation is 1. The van der Waals surface area contributed by atoms with Gasteiger partial charge in [-0.2, -0.15) is 8.61 Å². The molecular formula is C22H29FN4O5S2. The molecule has 0 bridgehead atoms. The molecule has 1 N–H and O–H groups in total. The number of anilines is 1. The normalized spacial score (nSPS) is 16.0. The molecule has 34 heavy (non-hydrogen) atoms. The van der Waals surface area contributed by atoms with Gasteiger partial charge in [0.25, 0.3) is 0 Å². The van der Waals surface area contributed by atoms with Crippen LogP contribution in [-0.2, 0) is 31.4 Å². The molecule has 0 spiro atoms. The van der Waals surface area contributed by atoms with Crippen LogP contribution in [0, 0.1) is 12.7 Å². The number of hydrogen-bond acceptors (Lipinski definition) is 6. The fourth-order valence-electron chi connectivity index (χ4n) is 3.59. The van der Waals surface area contributed by atoms with E-state index in [1.54, 1.807) is 25.1 Å². The molecule has 1 amide bonds. The second kappa shape index (κ2) is 10.5. The summed E-state index contributed by atoms with van der Waals surface area (Å²) >= 11 is 0. The third-order valence-electron chi connectivity index (χ3n) is 5.65. The van der Waals surface area contributed by atoms with Gasteiger partial charge in [0.1, 0.15) is 5.82 Å². The Morgan fingerprint density at radius 2 is 1.71 bits per heavy atom. The third kappa shape index (κ3) is 6.39. The molecule has 2 aromatic carbocycles. The van der Waals surface area contributed by atoms with Crippen LogP contribution in [0.5, 0.6) is 0 Å². The molecule has 9 nitrogen and oxygen atoms in total. The van der Waals surface area contributed by atoms with Crippen molar-refractivity contribution in [2.24, 2.45) is 0 Å². The first-order valence-electron chi connectivity index (χ1n) is 10.7. The molecule has 12 heteroatoms. The first-order valence-corrected chi connectivity index (χ1v) is 13.9. The minimum atomic E-state index is -3.83. The highest BCUT2D eigenvalue weighted by molar-refractivity contribution is 7.89. The zero-order valence-electron chi connectivity index (χ0n) is 19.4. The summed E-state index contributed by atoms with van der Waals surface area (Å²) in [4.78, 5) is 14.8. The minimum absolute atomic E-state index is 0.0844. The highest BCUT2D eigenvalue weighted by Crippen LogP contribution is 2.24. The maximum absolute atomic E-state index is 14.0. The number of likely N-dealkylation sites (N-methyl/N-ethyl adjacent to an activating group) is 1. The van der Waals surface area contributed by atoms with Crippen LogP contribution in [0.1, 0.15) is 11.1 Å². The monoisotopic (exact) mass is 512 g/mol. The van der Waals surface area contributed by atoms with Gasteiger partial charge in [0.05, 0.1) is 17.7 Å². The van der Waals surface area contributed by atoms with E-state index in [4.69, 9.17) is 0 Å². The molecule has 1 aliphatic rings. The van der Waals surface area contributed by atoms with Crippen molar-refractivity contribution < 1.29 is 26.0 Å². The number of carbonyl (C=O) groups is 1. The molecule has 1 heterocycles. The Kier molecular flexibility index (Phi) is 8.09. The smallest absolute Gasteiger partial charge is 0.243 e. The average Bonchev–Trinajstić information content (AvgIpc) is 2.75. The van der Waals surface area contributed by atoms with Crippen LogP contribution in [-0.4, -0.2) is 82.3 Å². The van der Waals surface area contributed by atoms with Crippen molar-refractivity contribution in [1.82, 2.24) is 13.5 Å². The van der Waals surface area contributed by atoms with Crippen molar-refractivity contribution in [3.8, 4) is 0 Å². The molecule has 1 aliphatic heterocycles. The first kappa shape index (κ1) is 26.2. The number of amides is 1. The Labute approximate surface area is 200 Å². The van der Waals surface area contributed by atoms with Crippen LogP contribution in [0.4, 0.5) is 10.1 Å². The summed E-state index contributed by atoms with van der Waals surface area (Å²) < 4.78 is 67.0. The van der Waals surface area contributed by atoms with Crippen LogP contribution in [0.15, 0.2) is 47.4 Å². The number of piperazine rings is 1. The third-order valence-corrected chi connectivity index (χ3v) is 8.88. The Morgan fingerprint density at radius 3 is 2.32 bits per heavy atom. The van der Waals surface area contributed by atoms with Gasteiger partial charge >= 0.3 is 0 Å². The Morgan fingerprint density at radius 1 is 1.06 bits per heavy atom. The highest BCUT2D eigenvalue weighted by Gasteiger charge is 2.29. The Balaban J connectivity index is 1.77. The zero-order valence-corrected chi connectivity index (χ0v) is 21.0. The summed E-state index contributed by atoms with van der Waals surface area (Å²) in [5.41, 5.74) is 0.897. The van der Waals surface area contributed by atoms with Gasteiger partial charge in [0.2, 0.25) is 26.0 Å². The van der Waals surface area contributed by atoms with Gasteiger partial charge in [0.15, 0.2) is 0 Å². The van der Waals surface area contributed by atoms with Gasteiger partial charge < -0.3 is 10.2 Å². The predicted molar refractivity (Wildman–Crippen MR) is 128 cm³/mol. The van der Waals surface area contributed by atoms with Gasteiger partial charge in [-0.25, -0.2) is 21.2 Å². The lowest BCUT2D eigenvalue weighted by Crippen LogP contribution is -2.47. The largest absolute Gasteiger partial charge is 0.325 e. The van der Waals surface area contributed by atoms with E-state index in [0.29, 0.717) is 31.7 Å². The molecule has 0 radical (unpaired) electrons. The summed E-state index contributed by atoms with van der Waals surface area (Å²) in [6, 6.07) is 10.2. The molecule has 0 atom stereocenters. The maximum atomic E-state index is 14.0. The summed E-state index contributed by atoms with van der Waals surface area (Å²) in [7, 11) is -5.66. The van der Waals surface area contributed by atoms with Crippen molar-refractivity contribution >= 4 is 31.6 Å². The van der Waals surface area contributed by atoms with E-state index in [1.165, 1.54) is 28.6 Å². The fourth-order valence-corrected chi connectivity index (χ4v) is 5.99. The molecule has 186 valence electrons. The highest BCUT2D eigenvalue weighted by atomic mass is 32.2. The standard InChI is InChI=1S/C22H29FN4O5S2/c1-17-8-9-19(14-21(17)34(31,32)26-12-10-25(2)11-13-26)24-22(28)16-27(33(3,29)30)15-18-6-4-5-7-20(18)23/h4-9,14H,10-13,15-16H2,1-3H3,(H,24,28). The van der Waals surface area contributed by atoms with Gasteiger partial charge in [-0.1, -0.05) is 24.3 Å². The molecule has 1 fully saturated rings. The van der Waals surface area contributed by atoms with Crippen molar-refractivity contribution in [3.63, 3.8) is 0 Å². The molecule has 3 rings (SSSR count). The second-order valence-electron chi connectivity index (χ2n) is 8.36. The summed E-state index contributed by atoms with van der Waals surface area (Å²) in [5.74, 6) is -1.25. The lowest BCUT2D eigenvalue weighted by Gasteiger charge is -2.32. The van der Waals surface area contributed by atoms with Crippen molar-refractivity contribution in [2.45, 2.75) is 18.4 Å². The quantitative estimate of drug-likeness (QED) is 0.574. The predicted octanol–water partition coefficient (Wildman–Crippen LogP) is 1.47. The summed E-state index contributed by atoms with van der Waals surface area (Å²) in [6.07, 6.45) is 0.938. The summed E-state index contributed by atoms with van der Waals surface area (Å²) in [6.45, 7) is 2.80. The number of hydrogen-bond donors (Lipinski definition) is 1. The molecule has 0 aliphatic carbocycles. The topological polar surface area (TPSA) is 107 Å². The number of nitrogens with zero attached hydrogens (tertiary/aromatic N) is 3. The second-order valence-corrected chi connectivity index (χ2v) is 12.2. The number of rotatable bonds is 8. The van der Waals surface area contributed by atoms with Crippen LogP contribution in [0.25, 0.3) is 0 Å². The number of sulfonamides is 2. The van der Waals surface area contributed by atoms with Crippen molar-refractivity contribution in [3.05, 3.63) is 59.4 Å². The number of carbonyl (C=O) groups excluding carboxylic acids is 1. The van der Waals surface area contributed by atoms with Gasteiger partial charge in [0, 0.05) is 44.0 Å². The lowest BCUT2D eigenvalue weighted by atomic mass is 10.2. The molecule has 0 aromatic heterocycles. The number of benzene rings is 2. The van der Waals surface area contributed by atoms with Gasteiger partial charge in [-0.05, 0) is 37.7 Å². The van der Waals surface area contributed by atoms with Gasteiger partial charge in [-0.15, -0.1) is 0 Å². The van der Waals surface area contributed by atoms with E-state index in [1.807, 2.05) is 11.9 Å². The first-order chi connectivity index (χ1) is 15.9. The van der Waals surface area contributed by atoms with E-state index >= 15 is 0 Å². The molecule has 0 saturated carbocycles. The fraction of sp³-hybridized carbons (Fsp3) is 0.409. The van der Waals surface area contributed by atoms with Crippen LogP contribution >= 0.6 is 0 Å². The Hall–Kier alpha value is -2.38. The minimum Gasteiger partial charge on any atom is -0.325 e. The average molecular weight is 513 g/mol. The van der Waals surface area contributed by atoms with E-state index in [0.717, 1.165) is 10.6 Å². The van der Waals surface area contributed by atoms with E-state index in [9.17, 15) is 26.0 Å². The van der Waals surface area contributed by atoms with Gasteiger partial charge in [-0.3, -0.25) is 4.79 Å². The molecule has 0 unspecified atom stereocenters. The van der Waals surface area contributed by atoms with Crippen molar-refractivity contribution in [1.29, 1.82) is 0 Å². The van der Waals surface area contributed by atoms with E-state index < -0.39 is 38.3 Å². The molecule has 1 saturated heterocycles. The number of halogens is 1. The maximum Gasteiger partial charge on any atom is 0.243 e. The van der Waals surface area contributed by atoms with E-state index in [-0.39, 0.29) is 22.7 Å². The van der Waals surface area contributed by atoms with E-state index in [2.05, 4.69) is 5.32 Å². The van der Waals surface area contributed by atoms with Crippen LogP contribution in [0.3, 0.4) is 0 Å². The molecule has 2 aromatic rings. The van der Waals surface area contributed by atoms with Crippen LogP contribution in [0.2, 0.25) is 0 Å². The zero-order chi connectivity index (χ0) is 25.1. The van der Waals surface area contributed by atoms with Crippen LogP contribution < -0.4 is 5.32 Å². The lowest BCUT2D eigenvalue weighted by molar-refractivity contribution is -0.116. The number of nitrogens with one attached hydrogen (secondary N) is 1. The van der Waals surface area contributed by atoms with Crippen molar-refractivity contribution in [2.75, 3.05) is 51.3 Å². The molecular weight excluding hydrogens is 483 g/mol.